The fourth-order valence-corrected chi connectivity index (χ4v) is 3.49. The van der Waals surface area contributed by atoms with E-state index in [-0.39, 0.29) is 5.76 Å². The lowest BCUT2D eigenvalue weighted by molar-refractivity contribution is -0.578. The fraction of sp³-hybridized carbons (Fsp3) is 0.0909. The van der Waals surface area contributed by atoms with E-state index in [0.29, 0.717) is 16.2 Å². The third-order valence-electron chi connectivity index (χ3n) is 4.10. The van der Waals surface area contributed by atoms with Crippen molar-refractivity contribution in [1.29, 1.82) is 0 Å². The maximum atomic E-state index is 13.4. The van der Waals surface area contributed by atoms with Gasteiger partial charge in [-0.2, -0.15) is 4.57 Å². The molecular weight excluding hydrogens is 436 g/mol. The number of nitrogens with zero attached hydrogens (tertiary/aromatic N) is 1. The number of methoxy groups -OCH3 is 1. The Labute approximate surface area is 178 Å². The second-order valence-corrected chi connectivity index (χ2v) is 7.39. The first-order valence-electron chi connectivity index (χ1n) is 8.59. The molecule has 0 radical (unpaired) electrons. The third kappa shape index (κ3) is 4.58. The summed E-state index contributed by atoms with van der Waals surface area (Å²) < 4.78 is 7.66. The van der Waals surface area contributed by atoms with Gasteiger partial charge in [-0.3, -0.25) is 0 Å². The Bertz CT molecular complexity index is 1030. The molecule has 0 amide bonds. The first-order valence-corrected chi connectivity index (χ1v) is 9.79. The van der Waals surface area contributed by atoms with E-state index in [4.69, 9.17) is 17.0 Å². The van der Waals surface area contributed by atoms with E-state index in [1.807, 2.05) is 73.9 Å². The predicted molar refractivity (Wildman–Crippen MR) is 118 cm³/mol. The van der Waals surface area contributed by atoms with Crippen molar-refractivity contribution in [2.45, 2.75) is 6.92 Å². The monoisotopic (exact) mass is 454 g/mol. The molecule has 0 aliphatic carbocycles. The average molecular weight is 455 g/mol. The summed E-state index contributed by atoms with van der Waals surface area (Å²) >= 11 is 9.09. The molecular formula is C22H19BrN2O2S. The van der Waals surface area contributed by atoms with Crippen molar-refractivity contribution in [3.63, 3.8) is 0 Å². The van der Waals surface area contributed by atoms with Gasteiger partial charge in [0, 0.05) is 21.8 Å². The van der Waals surface area contributed by atoms with Crippen molar-refractivity contribution in [2.24, 2.45) is 0 Å². The van der Waals surface area contributed by atoms with Crippen molar-refractivity contribution in [1.82, 2.24) is 0 Å². The summed E-state index contributed by atoms with van der Waals surface area (Å²) in [6, 6.07) is 18.5. The fourth-order valence-electron chi connectivity index (χ4n) is 2.71. The Balaban J connectivity index is 2.06. The number of ether oxygens (including phenoxy) is 1. The lowest BCUT2D eigenvalue weighted by Gasteiger charge is -2.18. The van der Waals surface area contributed by atoms with Gasteiger partial charge in [0.05, 0.1) is 7.11 Å². The van der Waals surface area contributed by atoms with Crippen LogP contribution in [-0.4, -0.2) is 12.1 Å². The number of halogens is 1. The largest absolute Gasteiger partial charge is 0.867 e. The van der Waals surface area contributed by atoms with Gasteiger partial charge in [-0.25, -0.2) is 0 Å². The quantitative estimate of drug-likeness (QED) is 0.272. The molecule has 1 heterocycles. The predicted octanol–water partition coefficient (Wildman–Crippen LogP) is 4.18. The van der Waals surface area contributed by atoms with E-state index >= 15 is 0 Å². The third-order valence-corrected chi connectivity index (χ3v) is 5.09. The number of benzene rings is 2. The number of rotatable bonds is 5. The zero-order chi connectivity index (χ0) is 20.1. The minimum absolute atomic E-state index is 0.172. The molecule has 6 heteroatoms. The molecule has 0 saturated carbocycles. The Hall–Kier alpha value is -2.70. The number of nitrogens with one attached hydrogen (secondary N) is 1. The van der Waals surface area contributed by atoms with E-state index in [9.17, 15) is 5.11 Å². The molecule has 1 N–H and O–H groups in total. The number of hydrogen-bond donors (Lipinski definition) is 1. The number of hydrogen-bond acceptors (Lipinski definition) is 3. The smallest absolute Gasteiger partial charge is 0.238 e. The molecule has 0 spiro atoms. The van der Waals surface area contributed by atoms with Crippen LogP contribution in [0.4, 0.5) is 5.69 Å². The number of anilines is 1. The highest BCUT2D eigenvalue weighted by molar-refractivity contribution is 9.10. The summed E-state index contributed by atoms with van der Waals surface area (Å²) in [6.45, 7) is 1.97. The summed E-state index contributed by atoms with van der Waals surface area (Å²) in [5.74, 6) is 0.576. The molecule has 3 aromatic rings. The first-order chi connectivity index (χ1) is 13.5. The summed E-state index contributed by atoms with van der Waals surface area (Å²) in [4.78, 5) is 0.335. The van der Waals surface area contributed by atoms with E-state index < -0.39 is 0 Å². The van der Waals surface area contributed by atoms with Crippen LogP contribution in [0, 0.1) is 6.92 Å². The van der Waals surface area contributed by atoms with E-state index in [0.717, 1.165) is 21.5 Å². The Morgan fingerprint density at radius 1 is 1.07 bits per heavy atom. The normalized spacial score (nSPS) is 11.5. The molecule has 1 aromatic heterocycles. The number of aromatic nitrogens is 1. The van der Waals surface area contributed by atoms with Crippen LogP contribution < -0.4 is 19.7 Å². The molecule has 4 nitrogen and oxygen atoms in total. The van der Waals surface area contributed by atoms with Crippen LogP contribution in [0.25, 0.3) is 11.5 Å². The Morgan fingerprint density at radius 3 is 2.43 bits per heavy atom. The molecule has 2 aromatic carbocycles. The molecule has 0 bridgehead atoms. The summed E-state index contributed by atoms with van der Waals surface area (Å²) in [5.41, 5.74) is 2.72. The first kappa shape index (κ1) is 20.0. The van der Waals surface area contributed by atoms with Crippen LogP contribution in [0.5, 0.6) is 5.75 Å². The van der Waals surface area contributed by atoms with Gasteiger partial charge in [-0.05, 0) is 54.6 Å². The van der Waals surface area contributed by atoms with Crippen LogP contribution in [-0.2, 0) is 0 Å². The van der Waals surface area contributed by atoms with Crippen LogP contribution in [0.15, 0.2) is 77.5 Å². The molecule has 0 saturated heterocycles. The van der Waals surface area contributed by atoms with Gasteiger partial charge in [0.1, 0.15) is 5.75 Å². The van der Waals surface area contributed by atoms with E-state index in [2.05, 4.69) is 21.2 Å². The van der Waals surface area contributed by atoms with Gasteiger partial charge in [0.2, 0.25) is 5.70 Å². The van der Waals surface area contributed by atoms with Gasteiger partial charge >= 0.3 is 0 Å². The number of aryl methyl sites for hydroxylation is 1. The molecule has 0 fully saturated rings. The van der Waals surface area contributed by atoms with Crippen LogP contribution in [0.1, 0.15) is 11.1 Å². The summed E-state index contributed by atoms with van der Waals surface area (Å²) in [5, 5.41) is 16.5. The zero-order valence-electron chi connectivity index (χ0n) is 15.5. The van der Waals surface area contributed by atoms with Crippen LogP contribution in [0.3, 0.4) is 0 Å². The molecule has 0 aliphatic rings. The van der Waals surface area contributed by atoms with Crippen molar-refractivity contribution < 1.29 is 14.4 Å². The standard InChI is InChI=1S/C22H19BrN2O2S/c1-15-6-5-13-25(14-15)20(21(26)18-7-3-4-8-19(18)23)22(28)24-16-9-11-17(27-2)12-10-16/h3-14H,1-2H3,(H-,24,26,28). The second kappa shape index (κ2) is 8.99. The minimum atomic E-state index is -0.172. The second-order valence-electron chi connectivity index (χ2n) is 6.13. The zero-order valence-corrected chi connectivity index (χ0v) is 17.9. The van der Waals surface area contributed by atoms with Gasteiger partial charge in [-0.1, -0.05) is 46.3 Å². The molecule has 3 rings (SSSR count). The molecule has 28 heavy (non-hydrogen) atoms. The lowest BCUT2D eigenvalue weighted by Crippen LogP contribution is -2.40. The summed E-state index contributed by atoms with van der Waals surface area (Å²) in [6.07, 6.45) is 3.70. The van der Waals surface area contributed by atoms with E-state index in [1.54, 1.807) is 17.7 Å². The number of pyridine rings is 1. The number of thiocarbonyl (C=S) groups is 1. The molecule has 142 valence electrons. The van der Waals surface area contributed by atoms with Gasteiger partial charge in [0.15, 0.2) is 17.4 Å². The topological polar surface area (TPSA) is 48.2 Å². The van der Waals surface area contributed by atoms with Gasteiger partial charge < -0.3 is 15.2 Å². The highest BCUT2D eigenvalue weighted by atomic mass is 79.9. The van der Waals surface area contributed by atoms with Gasteiger partial charge in [0.25, 0.3) is 0 Å². The maximum absolute atomic E-state index is 13.4. The molecule has 0 aliphatic heterocycles. The van der Waals surface area contributed by atoms with Crippen LogP contribution in [0.2, 0.25) is 0 Å². The van der Waals surface area contributed by atoms with Crippen molar-refractivity contribution in [3.8, 4) is 5.75 Å². The highest BCUT2D eigenvalue weighted by Crippen LogP contribution is 2.24. The molecule has 0 unspecified atom stereocenters. The van der Waals surface area contributed by atoms with E-state index in [1.165, 1.54) is 0 Å². The van der Waals surface area contributed by atoms with Crippen molar-refractivity contribution in [3.05, 3.63) is 88.7 Å². The molecule has 0 atom stereocenters. The summed E-state index contributed by atoms with van der Waals surface area (Å²) in [7, 11) is 1.61. The van der Waals surface area contributed by atoms with Crippen molar-refractivity contribution >= 4 is 50.3 Å². The maximum Gasteiger partial charge on any atom is 0.238 e. The van der Waals surface area contributed by atoms with Gasteiger partial charge in [-0.15, -0.1) is 0 Å². The average Bonchev–Trinajstić information content (AvgIpc) is 2.69. The SMILES string of the molecule is COc1ccc(NC(=S)/C(=C(\[O-])c2ccccc2Br)[n+]2cccc(C)c2)cc1. The minimum Gasteiger partial charge on any atom is -0.867 e. The van der Waals surface area contributed by atoms with Crippen LogP contribution >= 0.6 is 28.1 Å². The Kier molecular flexibility index (Phi) is 6.44. The Morgan fingerprint density at radius 2 is 1.79 bits per heavy atom. The lowest BCUT2D eigenvalue weighted by atomic mass is 10.1. The highest BCUT2D eigenvalue weighted by Gasteiger charge is 2.20. The van der Waals surface area contributed by atoms with Crippen molar-refractivity contribution in [2.75, 3.05) is 12.4 Å².